The second-order valence-electron chi connectivity index (χ2n) is 5.36. The predicted octanol–water partition coefficient (Wildman–Crippen LogP) is 2.21. The number of carboxylic acids is 1. The van der Waals surface area contributed by atoms with E-state index in [9.17, 15) is 9.59 Å². The van der Waals surface area contributed by atoms with Crippen molar-refractivity contribution >= 4 is 35.2 Å². The van der Waals surface area contributed by atoms with Crippen LogP contribution in [0.25, 0.3) is 6.08 Å². The van der Waals surface area contributed by atoms with Gasteiger partial charge >= 0.3 is 5.97 Å². The van der Waals surface area contributed by atoms with Gasteiger partial charge in [-0.25, -0.2) is 4.79 Å². The summed E-state index contributed by atoms with van der Waals surface area (Å²) < 4.78 is 0. The van der Waals surface area contributed by atoms with Gasteiger partial charge in [0.05, 0.1) is 0 Å². The number of nitrogen functional groups attached to an aromatic ring is 1. The van der Waals surface area contributed by atoms with Crippen LogP contribution in [0.5, 0.6) is 0 Å². The van der Waals surface area contributed by atoms with Gasteiger partial charge in [0.15, 0.2) is 11.7 Å². The van der Waals surface area contributed by atoms with Gasteiger partial charge in [0.2, 0.25) is 0 Å². The molecule has 7 nitrogen and oxygen atoms in total. The number of carboxylic acid groups (broad SMARTS) is 1. The van der Waals surface area contributed by atoms with Crippen LogP contribution in [0.15, 0.2) is 42.5 Å². The molecule has 0 aliphatic rings. The predicted molar refractivity (Wildman–Crippen MR) is 97.7 cm³/mol. The van der Waals surface area contributed by atoms with Gasteiger partial charge in [-0.1, -0.05) is 18.2 Å². The molecule has 0 aromatic heterocycles. The van der Waals surface area contributed by atoms with E-state index >= 15 is 0 Å². The highest BCUT2D eigenvalue weighted by Gasteiger charge is 2.15. The summed E-state index contributed by atoms with van der Waals surface area (Å²) in [5, 5.41) is 18.6. The summed E-state index contributed by atoms with van der Waals surface area (Å²) in [6, 6.07) is 9.79. The molecule has 128 valence electrons. The molecule has 0 radical (unpaired) electrons. The highest BCUT2D eigenvalue weighted by atomic mass is 16.4. The number of nitrogens with one attached hydrogen (secondary N) is 2. The number of hydrogen-bond acceptors (Lipinski definition) is 4. The fourth-order valence-corrected chi connectivity index (χ4v) is 2.33. The van der Waals surface area contributed by atoms with E-state index in [4.69, 9.17) is 22.0 Å². The Balaban J connectivity index is 2.38. The van der Waals surface area contributed by atoms with E-state index in [0.717, 1.165) is 6.08 Å². The summed E-state index contributed by atoms with van der Waals surface area (Å²) >= 11 is 0. The van der Waals surface area contributed by atoms with Gasteiger partial charge in [-0.3, -0.25) is 10.2 Å². The quantitative estimate of drug-likeness (QED) is 0.186. The van der Waals surface area contributed by atoms with Gasteiger partial charge in [-0.05, 0) is 42.3 Å². The van der Waals surface area contributed by atoms with Gasteiger partial charge in [0.25, 0.3) is 0 Å². The number of hydrogen-bond donors (Lipinski definition) is 5. The monoisotopic (exact) mass is 338 g/mol. The molecule has 0 aliphatic carbocycles. The smallest absolute Gasteiger partial charge is 0.328 e. The van der Waals surface area contributed by atoms with E-state index in [1.165, 1.54) is 6.08 Å². The molecule has 2 rings (SSSR count). The number of nitrogens with two attached hydrogens (primary N) is 2. The minimum Gasteiger partial charge on any atom is -0.478 e. The Bertz CT molecular complexity index is 888. The second-order valence-corrected chi connectivity index (χ2v) is 5.36. The molecule has 0 bridgehead atoms. The third-order valence-corrected chi connectivity index (χ3v) is 3.61. The van der Waals surface area contributed by atoms with Gasteiger partial charge in [0.1, 0.15) is 0 Å². The van der Waals surface area contributed by atoms with Crippen molar-refractivity contribution in [3.05, 3.63) is 64.7 Å². The third-order valence-electron chi connectivity index (χ3n) is 3.61. The molecule has 25 heavy (non-hydrogen) atoms. The van der Waals surface area contributed by atoms with Gasteiger partial charge in [0, 0.05) is 28.6 Å². The summed E-state index contributed by atoms with van der Waals surface area (Å²) in [6.45, 7) is 1.72. The number of aliphatic carboxylic acids is 1. The van der Waals surface area contributed by atoms with E-state index in [1.807, 2.05) is 0 Å². The van der Waals surface area contributed by atoms with Crippen molar-refractivity contribution in [2.45, 2.75) is 6.92 Å². The average molecular weight is 338 g/mol. The van der Waals surface area contributed by atoms with Gasteiger partial charge in [-0.2, -0.15) is 0 Å². The first-order chi connectivity index (χ1) is 11.8. The van der Waals surface area contributed by atoms with Crippen molar-refractivity contribution in [3.63, 3.8) is 0 Å². The Kier molecular flexibility index (Phi) is 5.18. The molecule has 2 aromatic carbocycles. The lowest BCUT2D eigenvalue weighted by molar-refractivity contribution is -0.131. The molecular formula is C18H18N4O3. The first-order valence-corrected chi connectivity index (χ1v) is 7.35. The summed E-state index contributed by atoms with van der Waals surface area (Å²) in [7, 11) is 0. The van der Waals surface area contributed by atoms with E-state index in [-0.39, 0.29) is 11.7 Å². The first kappa shape index (κ1) is 17.7. The Morgan fingerprint density at radius 3 is 2.60 bits per heavy atom. The Hall–Kier alpha value is -3.61. The summed E-state index contributed by atoms with van der Waals surface area (Å²) in [6.07, 6.45) is 2.44. The Labute approximate surface area is 144 Å². The van der Waals surface area contributed by atoms with Crippen LogP contribution in [0, 0.1) is 12.3 Å². The fourth-order valence-electron chi connectivity index (χ4n) is 2.33. The molecule has 0 fully saturated rings. The number of anilines is 2. The van der Waals surface area contributed by atoms with Crippen LogP contribution in [-0.4, -0.2) is 22.8 Å². The lowest BCUT2D eigenvalue weighted by Gasteiger charge is -2.11. The zero-order valence-corrected chi connectivity index (χ0v) is 13.5. The molecule has 0 spiro atoms. The molecule has 0 saturated heterocycles. The van der Waals surface area contributed by atoms with E-state index in [1.54, 1.807) is 43.3 Å². The van der Waals surface area contributed by atoms with Gasteiger partial charge in [-0.15, -0.1) is 0 Å². The average Bonchev–Trinajstić information content (AvgIpc) is 2.55. The summed E-state index contributed by atoms with van der Waals surface area (Å²) in [4.78, 5) is 23.4. The zero-order chi connectivity index (χ0) is 18.6. The lowest BCUT2D eigenvalue weighted by atomic mass is 9.96. The molecule has 0 amide bonds. The highest BCUT2D eigenvalue weighted by Crippen LogP contribution is 2.25. The maximum atomic E-state index is 12.7. The first-order valence-electron chi connectivity index (χ1n) is 7.35. The van der Waals surface area contributed by atoms with Gasteiger partial charge < -0.3 is 21.9 Å². The summed E-state index contributed by atoms with van der Waals surface area (Å²) in [5.74, 6) is -1.57. The minimum absolute atomic E-state index is 0.227. The van der Waals surface area contributed by atoms with Crippen LogP contribution < -0.4 is 16.8 Å². The van der Waals surface area contributed by atoms with Crippen LogP contribution in [0.3, 0.4) is 0 Å². The standard InChI is InChI=1S/C18H18N4O3/c1-10-11(6-8-15(23)24)5-7-14(16(10)19)17(25)12-3-2-4-13(9-12)22-18(20)21/h2-9H,19H2,1H3,(H,23,24)(H4,20,21,22). The molecule has 0 saturated carbocycles. The number of benzene rings is 2. The molecule has 0 atom stereocenters. The number of ketones is 1. The molecule has 7 heteroatoms. The maximum absolute atomic E-state index is 12.7. The number of carbonyl (C=O) groups is 2. The highest BCUT2D eigenvalue weighted by molar-refractivity contribution is 6.13. The van der Waals surface area contributed by atoms with Crippen LogP contribution in [0.2, 0.25) is 0 Å². The molecule has 0 aliphatic heterocycles. The molecule has 0 unspecified atom stereocenters. The largest absolute Gasteiger partial charge is 0.478 e. The van der Waals surface area contributed by atoms with Crippen LogP contribution in [0.4, 0.5) is 11.4 Å². The van der Waals surface area contributed by atoms with Crippen molar-refractivity contribution in [1.29, 1.82) is 5.41 Å². The van der Waals surface area contributed by atoms with E-state index in [2.05, 4.69) is 5.32 Å². The van der Waals surface area contributed by atoms with Crippen molar-refractivity contribution in [3.8, 4) is 0 Å². The number of rotatable bonds is 5. The van der Waals surface area contributed by atoms with Crippen molar-refractivity contribution in [2.24, 2.45) is 5.73 Å². The van der Waals surface area contributed by atoms with Crippen LogP contribution >= 0.6 is 0 Å². The van der Waals surface area contributed by atoms with Crippen molar-refractivity contribution < 1.29 is 14.7 Å². The zero-order valence-electron chi connectivity index (χ0n) is 13.5. The van der Waals surface area contributed by atoms with Crippen LogP contribution in [0.1, 0.15) is 27.0 Å². The molecule has 0 heterocycles. The topological polar surface area (TPSA) is 142 Å². The lowest BCUT2D eigenvalue weighted by Crippen LogP contribution is -2.20. The van der Waals surface area contributed by atoms with E-state index < -0.39 is 5.97 Å². The molecule has 2 aromatic rings. The summed E-state index contributed by atoms with van der Waals surface area (Å²) in [5.41, 5.74) is 14.2. The van der Waals surface area contributed by atoms with Crippen LogP contribution in [-0.2, 0) is 4.79 Å². The van der Waals surface area contributed by atoms with Crippen molar-refractivity contribution in [1.82, 2.24) is 0 Å². The minimum atomic E-state index is -1.06. The Morgan fingerprint density at radius 2 is 1.96 bits per heavy atom. The van der Waals surface area contributed by atoms with E-state index in [0.29, 0.717) is 33.6 Å². The Morgan fingerprint density at radius 1 is 1.24 bits per heavy atom. The fraction of sp³-hybridized carbons (Fsp3) is 0.0556. The number of guanidine groups is 1. The normalized spacial score (nSPS) is 10.6. The third kappa shape index (κ3) is 4.23. The molecule has 7 N–H and O–H groups in total. The molecular weight excluding hydrogens is 320 g/mol. The maximum Gasteiger partial charge on any atom is 0.328 e. The second kappa shape index (κ2) is 7.31. The SMILES string of the molecule is Cc1c(C=CC(=O)O)ccc(C(=O)c2cccc(NC(=N)N)c2)c1N. The number of carbonyl (C=O) groups excluding carboxylic acids is 1. The van der Waals surface area contributed by atoms with Crippen molar-refractivity contribution in [2.75, 3.05) is 11.1 Å².